The van der Waals surface area contributed by atoms with Crippen molar-refractivity contribution >= 4 is 29.0 Å². The number of rotatable bonds is 2. The molecule has 0 bridgehead atoms. The van der Waals surface area contributed by atoms with Gasteiger partial charge in [-0.25, -0.2) is 4.68 Å². The SMILES string of the molecule is Cn1nncc1C(=O)c1cccc(Cl)c1Cl. The molecule has 2 rings (SSSR count). The number of nitrogens with zero attached hydrogens (tertiary/aromatic N) is 3. The van der Waals surface area contributed by atoms with Crippen LogP contribution >= 0.6 is 23.2 Å². The van der Waals surface area contributed by atoms with Gasteiger partial charge in [0.05, 0.1) is 16.2 Å². The number of carbonyl (C=O) groups excluding carboxylic acids is 1. The van der Waals surface area contributed by atoms with Crippen LogP contribution in [0.2, 0.25) is 10.0 Å². The van der Waals surface area contributed by atoms with Crippen LogP contribution in [-0.2, 0) is 7.05 Å². The van der Waals surface area contributed by atoms with E-state index in [-0.39, 0.29) is 10.8 Å². The third-order valence-electron chi connectivity index (χ3n) is 2.14. The highest BCUT2D eigenvalue weighted by molar-refractivity contribution is 6.44. The molecule has 4 nitrogen and oxygen atoms in total. The third-order valence-corrected chi connectivity index (χ3v) is 2.96. The minimum absolute atomic E-state index is 0.246. The zero-order valence-electron chi connectivity index (χ0n) is 8.32. The van der Waals surface area contributed by atoms with Crippen LogP contribution in [0.1, 0.15) is 16.1 Å². The van der Waals surface area contributed by atoms with Gasteiger partial charge in [0.2, 0.25) is 5.78 Å². The van der Waals surface area contributed by atoms with Crippen LogP contribution in [-0.4, -0.2) is 20.8 Å². The van der Waals surface area contributed by atoms with E-state index in [0.29, 0.717) is 16.3 Å². The molecular formula is C10H7Cl2N3O. The summed E-state index contributed by atoms with van der Waals surface area (Å²) in [7, 11) is 1.64. The number of aryl methyl sites for hydroxylation is 1. The van der Waals surface area contributed by atoms with Crippen LogP contribution in [0.15, 0.2) is 24.4 Å². The number of carbonyl (C=O) groups is 1. The van der Waals surface area contributed by atoms with Crippen LogP contribution in [0.25, 0.3) is 0 Å². The van der Waals surface area contributed by atoms with E-state index in [2.05, 4.69) is 10.3 Å². The molecule has 16 heavy (non-hydrogen) atoms. The molecule has 0 unspecified atom stereocenters. The molecule has 6 heteroatoms. The minimum atomic E-state index is -0.250. The lowest BCUT2D eigenvalue weighted by molar-refractivity contribution is 0.103. The lowest BCUT2D eigenvalue weighted by atomic mass is 10.1. The van der Waals surface area contributed by atoms with Gasteiger partial charge in [-0.1, -0.05) is 34.5 Å². The van der Waals surface area contributed by atoms with Crippen molar-refractivity contribution < 1.29 is 4.79 Å². The maximum Gasteiger partial charge on any atom is 0.214 e. The normalized spacial score (nSPS) is 10.4. The van der Waals surface area contributed by atoms with E-state index in [4.69, 9.17) is 23.2 Å². The van der Waals surface area contributed by atoms with Crippen molar-refractivity contribution in [3.63, 3.8) is 0 Å². The Balaban J connectivity index is 2.50. The molecule has 0 spiro atoms. The summed E-state index contributed by atoms with van der Waals surface area (Å²) in [5.74, 6) is -0.250. The molecule has 0 atom stereocenters. The molecule has 0 aliphatic carbocycles. The predicted molar refractivity (Wildman–Crippen MR) is 60.9 cm³/mol. The van der Waals surface area contributed by atoms with Crippen molar-refractivity contribution in [2.45, 2.75) is 0 Å². The van der Waals surface area contributed by atoms with E-state index in [9.17, 15) is 4.79 Å². The minimum Gasteiger partial charge on any atom is -0.287 e. The third kappa shape index (κ3) is 1.81. The lowest BCUT2D eigenvalue weighted by Gasteiger charge is -2.04. The maximum atomic E-state index is 12.1. The van der Waals surface area contributed by atoms with Crippen LogP contribution in [0, 0.1) is 0 Å². The summed E-state index contributed by atoms with van der Waals surface area (Å²) < 4.78 is 1.39. The van der Waals surface area contributed by atoms with E-state index in [0.717, 1.165) is 0 Å². The molecule has 0 saturated heterocycles. The summed E-state index contributed by atoms with van der Waals surface area (Å²) in [5, 5.41) is 7.92. The second kappa shape index (κ2) is 4.23. The van der Waals surface area contributed by atoms with E-state index >= 15 is 0 Å². The van der Waals surface area contributed by atoms with Crippen LogP contribution in [0.3, 0.4) is 0 Å². The van der Waals surface area contributed by atoms with Crippen molar-refractivity contribution in [3.05, 3.63) is 45.7 Å². The van der Waals surface area contributed by atoms with Gasteiger partial charge in [-0.15, -0.1) is 5.10 Å². The number of ketones is 1. The van der Waals surface area contributed by atoms with Gasteiger partial charge < -0.3 is 0 Å². The summed E-state index contributed by atoms with van der Waals surface area (Å²) in [6.45, 7) is 0. The highest BCUT2D eigenvalue weighted by atomic mass is 35.5. The van der Waals surface area contributed by atoms with E-state index in [1.54, 1.807) is 25.2 Å². The highest BCUT2D eigenvalue weighted by Crippen LogP contribution is 2.26. The Morgan fingerprint density at radius 2 is 2.12 bits per heavy atom. The monoisotopic (exact) mass is 255 g/mol. The molecule has 1 aromatic heterocycles. The number of halogens is 2. The van der Waals surface area contributed by atoms with Crippen LogP contribution in [0.5, 0.6) is 0 Å². The van der Waals surface area contributed by atoms with Gasteiger partial charge in [0.1, 0.15) is 5.69 Å². The number of hydrogen-bond acceptors (Lipinski definition) is 3. The Hall–Kier alpha value is -1.39. The van der Waals surface area contributed by atoms with Gasteiger partial charge >= 0.3 is 0 Å². The second-order valence-electron chi connectivity index (χ2n) is 3.17. The summed E-state index contributed by atoms with van der Waals surface area (Å²) in [6.07, 6.45) is 1.39. The fraction of sp³-hybridized carbons (Fsp3) is 0.100. The molecule has 0 N–H and O–H groups in total. The Kier molecular flexibility index (Phi) is 2.94. The van der Waals surface area contributed by atoms with Crippen molar-refractivity contribution in [2.24, 2.45) is 7.05 Å². The number of benzene rings is 1. The van der Waals surface area contributed by atoms with Gasteiger partial charge in [-0.3, -0.25) is 4.79 Å². The van der Waals surface area contributed by atoms with Crippen molar-refractivity contribution in [2.75, 3.05) is 0 Å². The first-order chi connectivity index (χ1) is 7.61. The zero-order valence-corrected chi connectivity index (χ0v) is 9.83. The van der Waals surface area contributed by atoms with Crippen LogP contribution < -0.4 is 0 Å². The first-order valence-electron chi connectivity index (χ1n) is 4.44. The Labute approximate surface area is 102 Å². The summed E-state index contributed by atoms with van der Waals surface area (Å²) in [5.41, 5.74) is 0.712. The van der Waals surface area contributed by atoms with Gasteiger partial charge in [-0.2, -0.15) is 0 Å². The quantitative estimate of drug-likeness (QED) is 0.775. The number of aromatic nitrogens is 3. The van der Waals surface area contributed by atoms with E-state index in [1.807, 2.05) is 0 Å². The fourth-order valence-corrected chi connectivity index (χ4v) is 1.70. The van der Waals surface area contributed by atoms with Gasteiger partial charge in [0, 0.05) is 12.6 Å². The first-order valence-corrected chi connectivity index (χ1v) is 5.20. The van der Waals surface area contributed by atoms with Crippen LogP contribution in [0.4, 0.5) is 0 Å². The molecule has 0 aliphatic rings. The predicted octanol–water partition coefficient (Wildman–Crippen LogP) is 2.35. The molecule has 1 aromatic carbocycles. The summed E-state index contributed by atoms with van der Waals surface area (Å²) in [6, 6.07) is 4.91. The highest BCUT2D eigenvalue weighted by Gasteiger charge is 2.17. The summed E-state index contributed by atoms with van der Waals surface area (Å²) in [4.78, 5) is 12.1. The van der Waals surface area contributed by atoms with Crippen molar-refractivity contribution in [3.8, 4) is 0 Å². The van der Waals surface area contributed by atoms with Crippen molar-refractivity contribution in [1.82, 2.24) is 15.0 Å². The standard InChI is InChI=1S/C10H7Cl2N3O/c1-15-8(5-13-14-15)10(16)6-3-2-4-7(11)9(6)12/h2-5H,1H3. The zero-order chi connectivity index (χ0) is 11.7. The molecule has 2 aromatic rings. The fourth-order valence-electron chi connectivity index (χ4n) is 1.31. The smallest absolute Gasteiger partial charge is 0.214 e. The van der Waals surface area contributed by atoms with Crippen molar-refractivity contribution in [1.29, 1.82) is 0 Å². The van der Waals surface area contributed by atoms with Gasteiger partial charge in [-0.05, 0) is 12.1 Å². The van der Waals surface area contributed by atoms with Gasteiger partial charge in [0.25, 0.3) is 0 Å². The maximum absolute atomic E-state index is 12.1. The molecule has 1 heterocycles. The molecule has 0 aliphatic heterocycles. The molecular weight excluding hydrogens is 249 g/mol. The molecule has 0 amide bonds. The Morgan fingerprint density at radius 1 is 1.38 bits per heavy atom. The first kappa shape index (κ1) is 11.1. The Morgan fingerprint density at radius 3 is 2.75 bits per heavy atom. The summed E-state index contributed by atoms with van der Waals surface area (Å²) >= 11 is 11.8. The lowest BCUT2D eigenvalue weighted by Crippen LogP contribution is -2.08. The largest absolute Gasteiger partial charge is 0.287 e. The van der Waals surface area contributed by atoms with E-state index < -0.39 is 0 Å². The average Bonchev–Trinajstić information content (AvgIpc) is 2.68. The molecule has 0 saturated carbocycles. The van der Waals surface area contributed by atoms with Gasteiger partial charge in [0.15, 0.2) is 0 Å². The topological polar surface area (TPSA) is 47.8 Å². The second-order valence-corrected chi connectivity index (χ2v) is 3.96. The van der Waals surface area contributed by atoms with E-state index in [1.165, 1.54) is 10.9 Å². The molecule has 82 valence electrons. The Bertz CT molecular complexity index is 551. The number of hydrogen-bond donors (Lipinski definition) is 0. The molecule has 0 fully saturated rings. The molecule has 0 radical (unpaired) electrons. The average molecular weight is 256 g/mol.